The van der Waals surface area contributed by atoms with Crippen LogP contribution in [0.15, 0.2) is 53.9 Å². The van der Waals surface area contributed by atoms with Gasteiger partial charge in [0.15, 0.2) is 5.13 Å². The smallest absolute Gasteiger partial charge is 0.253 e. The van der Waals surface area contributed by atoms with Gasteiger partial charge in [-0.3, -0.25) is 14.5 Å². The Balaban J connectivity index is 1.26. The van der Waals surface area contributed by atoms with E-state index in [0.29, 0.717) is 42.6 Å². The number of carbonyl (C=O) groups excluding carboxylic acids is 2. The van der Waals surface area contributed by atoms with Gasteiger partial charge in [-0.15, -0.1) is 11.3 Å². The molecule has 1 aliphatic rings. The number of aromatic nitrogens is 1. The van der Waals surface area contributed by atoms with Gasteiger partial charge < -0.3 is 15.3 Å². The van der Waals surface area contributed by atoms with E-state index in [0.717, 1.165) is 5.56 Å². The lowest BCUT2D eigenvalue weighted by atomic mass is 10.1. The zero-order valence-electron chi connectivity index (χ0n) is 16.6. The topological polar surface area (TPSA) is 85.8 Å². The minimum atomic E-state index is -0.308. The molecule has 160 valence electrons. The first-order valence-corrected chi connectivity index (χ1v) is 10.7. The Morgan fingerprint density at radius 2 is 1.71 bits per heavy atom. The number of halogens is 1. The molecule has 7 nitrogen and oxygen atoms in total. The lowest BCUT2D eigenvalue weighted by Gasteiger charge is -2.34. The molecule has 0 spiro atoms. The number of phenols is 1. The molecule has 1 fully saturated rings. The lowest BCUT2D eigenvalue weighted by molar-refractivity contribution is -0.117. The quantitative estimate of drug-likeness (QED) is 0.637. The van der Waals surface area contributed by atoms with Crippen molar-refractivity contribution in [3.8, 4) is 17.0 Å². The molecular weight excluding hydrogens is 419 g/mol. The minimum Gasteiger partial charge on any atom is -0.508 e. The van der Waals surface area contributed by atoms with Crippen LogP contribution in [-0.2, 0) is 4.79 Å². The number of nitrogens with zero attached hydrogens (tertiary/aromatic N) is 3. The van der Waals surface area contributed by atoms with Gasteiger partial charge in [-0.1, -0.05) is 0 Å². The van der Waals surface area contributed by atoms with E-state index in [1.165, 1.54) is 35.6 Å². The Morgan fingerprint density at radius 1 is 1.03 bits per heavy atom. The van der Waals surface area contributed by atoms with Crippen LogP contribution in [0.5, 0.6) is 5.75 Å². The highest BCUT2D eigenvalue weighted by molar-refractivity contribution is 7.14. The van der Waals surface area contributed by atoms with Crippen molar-refractivity contribution in [1.82, 2.24) is 14.8 Å². The molecule has 1 aliphatic heterocycles. The molecular formula is C22H21FN4O3S. The lowest BCUT2D eigenvalue weighted by Crippen LogP contribution is -2.50. The summed E-state index contributed by atoms with van der Waals surface area (Å²) < 4.78 is 13.1. The maximum absolute atomic E-state index is 13.1. The molecule has 9 heteroatoms. The molecule has 2 heterocycles. The van der Waals surface area contributed by atoms with Crippen LogP contribution >= 0.6 is 11.3 Å². The Hall–Kier alpha value is -3.30. The van der Waals surface area contributed by atoms with Crippen molar-refractivity contribution in [2.24, 2.45) is 0 Å². The third-order valence-corrected chi connectivity index (χ3v) is 5.79. The van der Waals surface area contributed by atoms with Crippen LogP contribution in [0.1, 0.15) is 10.4 Å². The van der Waals surface area contributed by atoms with E-state index in [1.807, 2.05) is 10.3 Å². The zero-order valence-corrected chi connectivity index (χ0v) is 17.4. The average molecular weight is 441 g/mol. The summed E-state index contributed by atoms with van der Waals surface area (Å²) in [5, 5.41) is 14.5. The molecule has 3 aromatic rings. The van der Waals surface area contributed by atoms with Crippen molar-refractivity contribution < 1.29 is 19.1 Å². The second kappa shape index (κ2) is 9.23. The zero-order chi connectivity index (χ0) is 21.8. The van der Waals surface area contributed by atoms with E-state index in [1.54, 1.807) is 29.2 Å². The van der Waals surface area contributed by atoms with Crippen LogP contribution in [0.3, 0.4) is 0 Å². The number of anilines is 1. The average Bonchev–Trinajstić information content (AvgIpc) is 3.23. The monoisotopic (exact) mass is 440 g/mol. The largest absolute Gasteiger partial charge is 0.508 e. The Labute approximate surface area is 182 Å². The number of hydrogen-bond acceptors (Lipinski definition) is 6. The highest BCUT2D eigenvalue weighted by Crippen LogP contribution is 2.25. The van der Waals surface area contributed by atoms with Gasteiger partial charge in [0.25, 0.3) is 5.91 Å². The van der Waals surface area contributed by atoms with Crippen LogP contribution in [0, 0.1) is 5.82 Å². The molecule has 0 bridgehead atoms. The third-order valence-electron chi connectivity index (χ3n) is 5.03. The first-order valence-electron chi connectivity index (χ1n) is 9.80. The van der Waals surface area contributed by atoms with Crippen LogP contribution in [-0.4, -0.2) is 64.4 Å². The van der Waals surface area contributed by atoms with Crippen molar-refractivity contribution >= 4 is 28.3 Å². The Morgan fingerprint density at radius 3 is 2.39 bits per heavy atom. The molecule has 4 rings (SSSR count). The van der Waals surface area contributed by atoms with Gasteiger partial charge in [-0.2, -0.15) is 0 Å². The summed E-state index contributed by atoms with van der Waals surface area (Å²) >= 11 is 1.32. The van der Waals surface area contributed by atoms with Gasteiger partial charge in [0.2, 0.25) is 5.91 Å². The highest BCUT2D eigenvalue weighted by atomic mass is 32.1. The van der Waals surface area contributed by atoms with E-state index < -0.39 is 0 Å². The number of benzene rings is 2. The van der Waals surface area contributed by atoms with Gasteiger partial charge in [0, 0.05) is 42.7 Å². The van der Waals surface area contributed by atoms with E-state index >= 15 is 0 Å². The molecule has 0 atom stereocenters. The van der Waals surface area contributed by atoms with Gasteiger partial charge >= 0.3 is 0 Å². The highest BCUT2D eigenvalue weighted by Gasteiger charge is 2.23. The molecule has 2 aromatic carbocycles. The summed E-state index contributed by atoms with van der Waals surface area (Å²) in [6, 6.07) is 12.2. The van der Waals surface area contributed by atoms with Crippen molar-refractivity contribution in [1.29, 1.82) is 0 Å². The van der Waals surface area contributed by atoms with Gasteiger partial charge in [0.1, 0.15) is 11.6 Å². The third kappa shape index (κ3) is 5.25. The number of amides is 2. The molecule has 2 amide bonds. The van der Waals surface area contributed by atoms with E-state index in [4.69, 9.17) is 0 Å². The normalized spacial score (nSPS) is 14.4. The molecule has 0 aliphatic carbocycles. The minimum absolute atomic E-state index is 0.0831. The fourth-order valence-corrected chi connectivity index (χ4v) is 4.08. The maximum Gasteiger partial charge on any atom is 0.253 e. The summed E-state index contributed by atoms with van der Waals surface area (Å²) in [5.74, 6) is -0.437. The number of carbonyl (C=O) groups is 2. The SMILES string of the molecule is O=C(CN1CCN(C(=O)c2ccc(O)cc2)CC1)Nc1nc(-c2ccc(F)cc2)cs1. The number of rotatable bonds is 5. The fraction of sp³-hybridized carbons (Fsp3) is 0.227. The summed E-state index contributed by atoms with van der Waals surface area (Å²) in [6.45, 7) is 2.45. The van der Waals surface area contributed by atoms with Crippen LogP contribution in [0.2, 0.25) is 0 Å². The summed E-state index contributed by atoms with van der Waals surface area (Å²) in [4.78, 5) is 33.1. The van der Waals surface area contributed by atoms with E-state index in [9.17, 15) is 19.1 Å². The molecule has 1 aromatic heterocycles. The fourth-order valence-electron chi connectivity index (χ4n) is 3.34. The molecule has 2 N–H and O–H groups in total. The van der Waals surface area contributed by atoms with E-state index in [-0.39, 0.29) is 29.9 Å². The predicted molar refractivity (Wildman–Crippen MR) is 117 cm³/mol. The molecule has 0 unspecified atom stereocenters. The van der Waals surface area contributed by atoms with Crippen molar-refractivity contribution in [3.05, 3.63) is 65.3 Å². The molecule has 1 saturated heterocycles. The second-order valence-electron chi connectivity index (χ2n) is 7.21. The van der Waals surface area contributed by atoms with Gasteiger partial charge in [0.05, 0.1) is 12.2 Å². The van der Waals surface area contributed by atoms with Crippen LogP contribution < -0.4 is 5.32 Å². The number of thiazole rings is 1. The van der Waals surface area contributed by atoms with Crippen molar-refractivity contribution in [3.63, 3.8) is 0 Å². The van der Waals surface area contributed by atoms with Crippen molar-refractivity contribution in [2.75, 3.05) is 38.0 Å². The standard InChI is InChI=1S/C22H21FN4O3S/c23-17-5-1-15(2-6-17)19-14-31-22(24-19)25-20(29)13-26-9-11-27(12-10-26)21(30)16-3-7-18(28)8-4-16/h1-8,14,28H,9-13H2,(H,24,25,29). The summed E-state index contributed by atoms with van der Waals surface area (Å²) in [6.07, 6.45) is 0. The molecule has 31 heavy (non-hydrogen) atoms. The van der Waals surface area contributed by atoms with Gasteiger partial charge in [-0.25, -0.2) is 9.37 Å². The number of aromatic hydroxyl groups is 1. The van der Waals surface area contributed by atoms with Crippen LogP contribution in [0.25, 0.3) is 11.3 Å². The Kier molecular flexibility index (Phi) is 6.24. The first-order chi connectivity index (χ1) is 15.0. The van der Waals surface area contributed by atoms with E-state index in [2.05, 4.69) is 10.3 Å². The summed E-state index contributed by atoms with van der Waals surface area (Å²) in [5.41, 5.74) is 2.00. The number of hydrogen-bond donors (Lipinski definition) is 2. The number of nitrogens with one attached hydrogen (secondary N) is 1. The maximum atomic E-state index is 13.1. The molecule has 0 saturated carbocycles. The first kappa shape index (κ1) is 21.0. The molecule has 0 radical (unpaired) electrons. The predicted octanol–water partition coefficient (Wildman–Crippen LogP) is 3.05. The van der Waals surface area contributed by atoms with Gasteiger partial charge in [-0.05, 0) is 48.5 Å². The number of phenolic OH excluding ortho intramolecular Hbond substituents is 1. The summed E-state index contributed by atoms with van der Waals surface area (Å²) in [7, 11) is 0. The van der Waals surface area contributed by atoms with Crippen LogP contribution in [0.4, 0.5) is 9.52 Å². The Bertz CT molecular complexity index is 1060. The number of piperazine rings is 1. The second-order valence-corrected chi connectivity index (χ2v) is 8.07. The van der Waals surface area contributed by atoms with Crippen molar-refractivity contribution in [2.45, 2.75) is 0 Å².